The molecule has 0 amide bonds. The first-order valence-electron chi connectivity index (χ1n) is 7.45. The maximum Gasteiger partial charge on any atom is 0.239 e. The van der Waals surface area contributed by atoms with Crippen LogP contribution in [0.4, 0.5) is 0 Å². The van der Waals surface area contributed by atoms with Gasteiger partial charge in [-0.1, -0.05) is 50.7 Å². The molecule has 0 saturated heterocycles. The van der Waals surface area contributed by atoms with Crippen LogP contribution < -0.4 is 4.74 Å². The Hall–Kier alpha value is -1.79. The van der Waals surface area contributed by atoms with Crippen molar-refractivity contribution in [2.24, 2.45) is 0 Å². The molecule has 4 rings (SSSR count). The summed E-state index contributed by atoms with van der Waals surface area (Å²) in [6.45, 7) is 0. The summed E-state index contributed by atoms with van der Waals surface area (Å²) in [4.78, 5) is 11.9. The van der Waals surface area contributed by atoms with Crippen molar-refractivity contribution in [2.75, 3.05) is 0 Å². The molecule has 0 unspecified atom stereocenters. The summed E-state index contributed by atoms with van der Waals surface area (Å²) in [7, 11) is 0. The van der Waals surface area contributed by atoms with Crippen LogP contribution >= 0.6 is 50.7 Å². The number of aromatic amines is 1. The van der Waals surface area contributed by atoms with Crippen molar-refractivity contribution in [2.45, 2.75) is 0 Å². The zero-order valence-electron chi connectivity index (χ0n) is 12.9. The predicted molar refractivity (Wildman–Crippen MR) is 109 cm³/mol. The Bertz CT molecular complexity index is 1110. The average Bonchev–Trinajstić information content (AvgIpc) is 3.03. The number of nitrogens with zero attached hydrogens (tertiary/aromatic N) is 2. The molecule has 0 saturated carbocycles. The molecule has 0 spiro atoms. The van der Waals surface area contributed by atoms with Gasteiger partial charge < -0.3 is 9.72 Å². The molecule has 0 atom stereocenters. The number of rotatable bonds is 3. The van der Waals surface area contributed by atoms with Crippen LogP contribution in [0.3, 0.4) is 0 Å². The van der Waals surface area contributed by atoms with Gasteiger partial charge in [-0.15, -0.1) is 0 Å². The summed E-state index contributed by atoms with van der Waals surface area (Å²) in [5.74, 6) is 1.54. The maximum atomic E-state index is 6.09. The van der Waals surface area contributed by atoms with Crippen LogP contribution in [-0.2, 0) is 0 Å². The van der Waals surface area contributed by atoms with Crippen LogP contribution in [0.5, 0.6) is 11.6 Å². The van der Waals surface area contributed by atoms with Gasteiger partial charge in [0.2, 0.25) is 5.88 Å². The zero-order valence-corrected chi connectivity index (χ0v) is 16.8. The quantitative estimate of drug-likeness (QED) is 0.325. The van der Waals surface area contributed by atoms with Crippen LogP contribution in [0.15, 0.2) is 53.0 Å². The highest BCUT2D eigenvalue weighted by atomic mass is 79.9. The smallest absolute Gasteiger partial charge is 0.239 e. The number of fused-ring (bicyclic) bond motifs is 1. The molecule has 0 aliphatic heterocycles. The molecule has 2 aromatic heterocycles. The van der Waals surface area contributed by atoms with Crippen molar-refractivity contribution in [3.63, 3.8) is 0 Å². The average molecular weight is 470 g/mol. The topological polar surface area (TPSA) is 50.8 Å². The van der Waals surface area contributed by atoms with E-state index in [1.807, 2.05) is 30.3 Å². The second-order valence-electron chi connectivity index (χ2n) is 5.42. The van der Waals surface area contributed by atoms with Gasteiger partial charge in [0.15, 0.2) is 5.15 Å². The molecular formula is C18H9BrCl3N3O. The maximum absolute atomic E-state index is 6.09. The number of nitrogens with one attached hydrogen (secondary N) is 1. The third-order valence-corrected chi connectivity index (χ3v) is 5.08. The monoisotopic (exact) mass is 467 g/mol. The normalized spacial score (nSPS) is 11.1. The van der Waals surface area contributed by atoms with Crippen LogP contribution in [0.1, 0.15) is 0 Å². The zero-order chi connectivity index (χ0) is 18.3. The Balaban J connectivity index is 1.61. The number of H-pyrrole nitrogens is 1. The Labute approximate surface area is 172 Å². The van der Waals surface area contributed by atoms with Crippen LogP contribution in [-0.4, -0.2) is 15.0 Å². The minimum Gasteiger partial charge on any atom is -0.437 e. The second-order valence-corrected chi connectivity index (χ2v) is 7.51. The molecule has 2 aromatic carbocycles. The molecule has 130 valence electrons. The van der Waals surface area contributed by atoms with E-state index < -0.39 is 0 Å². The summed E-state index contributed by atoms with van der Waals surface area (Å²) in [6, 6.07) is 14.8. The molecule has 2 heterocycles. The van der Waals surface area contributed by atoms with Gasteiger partial charge in [-0.3, -0.25) is 0 Å². The molecule has 8 heteroatoms. The highest BCUT2D eigenvalue weighted by molar-refractivity contribution is 9.10. The van der Waals surface area contributed by atoms with Crippen molar-refractivity contribution in [3.05, 3.63) is 68.2 Å². The van der Waals surface area contributed by atoms with Crippen molar-refractivity contribution >= 4 is 61.8 Å². The molecule has 26 heavy (non-hydrogen) atoms. The van der Waals surface area contributed by atoms with E-state index in [1.54, 1.807) is 12.1 Å². The van der Waals surface area contributed by atoms with E-state index in [0.29, 0.717) is 5.75 Å². The third kappa shape index (κ3) is 3.53. The van der Waals surface area contributed by atoms with Crippen molar-refractivity contribution in [3.8, 4) is 23.0 Å². The van der Waals surface area contributed by atoms with Gasteiger partial charge in [0, 0.05) is 10.0 Å². The van der Waals surface area contributed by atoms with E-state index in [9.17, 15) is 0 Å². The molecule has 0 aliphatic rings. The van der Waals surface area contributed by atoms with Crippen molar-refractivity contribution in [1.82, 2.24) is 15.0 Å². The standard InChI is InChI=1S/C18H9BrCl3N3O/c19-10-3-6-14-15(7-10)24-17(23-14)9-1-4-11(5-2-9)26-18-13(21)8-12(20)16(22)25-18/h1-8H,(H,23,24). The largest absolute Gasteiger partial charge is 0.437 e. The number of pyridine rings is 1. The highest BCUT2D eigenvalue weighted by Gasteiger charge is 2.11. The summed E-state index contributed by atoms with van der Waals surface area (Å²) in [6.07, 6.45) is 0. The third-order valence-electron chi connectivity index (χ3n) is 3.64. The minimum atomic E-state index is 0.135. The van der Waals surface area contributed by atoms with Crippen LogP contribution in [0.2, 0.25) is 15.2 Å². The first-order valence-corrected chi connectivity index (χ1v) is 9.37. The lowest BCUT2D eigenvalue weighted by Gasteiger charge is -2.08. The van der Waals surface area contributed by atoms with Crippen molar-refractivity contribution < 1.29 is 4.74 Å². The van der Waals surface area contributed by atoms with Crippen LogP contribution in [0.25, 0.3) is 22.4 Å². The molecule has 0 aliphatic carbocycles. The summed E-state index contributed by atoms with van der Waals surface area (Å²) < 4.78 is 6.68. The lowest BCUT2D eigenvalue weighted by atomic mass is 10.2. The van der Waals surface area contributed by atoms with Gasteiger partial charge in [-0.05, 0) is 48.5 Å². The number of halogens is 4. The molecular weight excluding hydrogens is 460 g/mol. The summed E-state index contributed by atoms with van der Waals surface area (Å²) in [5, 5.41) is 0.693. The first kappa shape index (κ1) is 17.6. The molecule has 0 bridgehead atoms. The fourth-order valence-electron chi connectivity index (χ4n) is 2.41. The van der Waals surface area contributed by atoms with E-state index in [4.69, 9.17) is 39.5 Å². The molecule has 0 radical (unpaired) electrons. The number of hydrogen-bond donors (Lipinski definition) is 1. The van der Waals surface area contributed by atoms with E-state index in [-0.39, 0.29) is 21.1 Å². The van der Waals surface area contributed by atoms with E-state index in [2.05, 4.69) is 30.9 Å². The number of imidazole rings is 1. The molecule has 4 nitrogen and oxygen atoms in total. The molecule has 0 fully saturated rings. The van der Waals surface area contributed by atoms with E-state index in [0.717, 1.165) is 26.9 Å². The lowest BCUT2D eigenvalue weighted by molar-refractivity contribution is 0.463. The van der Waals surface area contributed by atoms with Gasteiger partial charge >= 0.3 is 0 Å². The number of ether oxygens (including phenoxy) is 1. The SMILES string of the molecule is Clc1cc(Cl)c(Oc2ccc(-c3nc4ccc(Br)cc4[nH]3)cc2)nc1Cl. The van der Waals surface area contributed by atoms with Gasteiger partial charge in [-0.2, -0.15) is 4.98 Å². The van der Waals surface area contributed by atoms with Crippen LogP contribution in [0, 0.1) is 0 Å². The minimum absolute atomic E-state index is 0.135. The summed E-state index contributed by atoms with van der Waals surface area (Å²) in [5.41, 5.74) is 2.79. The van der Waals surface area contributed by atoms with Gasteiger partial charge in [0.05, 0.1) is 16.1 Å². The molecule has 1 N–H and O–H groups in total. The molecule has 4 aromatic rings. The summed E-state index contributed by atoms with van der Waals surface area (Å²) >= 11 is 21.3. The first-order chi connectivity index (χ1) is 12.5. The van der Waals surface area contributed by atoms with Gasteiger partial charge in [0.1, 0.15) is 16.6 Å². The van der Waals surface area contributed by atoms with Crippen molar-refractivity contribution in [1.29, 1.82) is 0 Å². The fourth-order valence-corrected chi connectivity index (χ4v) is 3.30. The second kappa shape index (κ2) is 7.08. The number of benzene rings is 2. The Morgan fingerprint density at radius 3 is 2.42 bits per heavy atom. The fraction of sp³-hybridized carbons (Fsp3) is 0. The highest BCUT2D eigenvalue weighted by Crippen LogP contribution is 2.33. The number of hydrogen-bond acceptors (Lipinski definition) is 3. The van der Waals surface area contributed by atoms with E-state index in [1.165, 1.54) is 6.07 Å². The van der Waals surface area contributed by atoms with E-state index >= 15 is 0 Å². The lowest BCUT2D eigenvalue weighted by Crippen LogP contribution is -1.90. The Morgan fingerprint density at radius 2 is 1.65 bits per heavy atom. The Kier molecular flexibility index (Phi) is 4.80. The Morgan fingerprint density at radius 1 is 0.885 bits per heavy atom. The number of aromatic nitrogens is 3. The van der Waals surface area contributed by atoms with Gasteiger partial charge in [0.25, 0.3) is 0 Å². The predicted octanol–water partition coefficient (Wildman–Crippen LogP) is 7.14. The van der Waals surface area contributed by atoms with Gasteiger partial charge in [-0.25, -0.2) is 4.98 Å².